The van der Waals surface area contributed by atoms with E-state index in [1.165, 1.54) is 10.6 Å². The van der Waals surface area contributed by atoms with E-state index in [1.807, 2.05) is 6.07 Å². The molecule has 0 saturated carbocycles. The molecule has 1 aromatic heterocycles. The normalized spacial score (nSPS) is 16.3. The van der Waals surface area contributed by atoms with E-state index in [2.05, 4.69) is 5.32 Å². The number of ether oxygens (including phenoxy) is 1. The number of piperidine rings is 1. The smallest absolute Gasteiger partial charge is 0.255 e. The Labute approximate surface area is 153 Å². The van der Waals surface area contributed by atoms with Gasteiger partial charge in [-0.3, -0.25) is 4.79 Å². The van der Waals surface area contributed by atoms with E-state index >= 15 is 0 Å². The first-order valence-corrected chi connectivity index (χ1v) is 10.3. The number of furan rings is 1. The van der Waals surface area contributed by atoms with Gasteiger partial charge in [0.05, 0.1) is 24.3 Å². The molecule has 0 unspecified atom stereocenters. The van der Waals surface area contributed by atoms with Crippen LogP contribution in [-0.2, 0) is 16.6 Å². The van der Waals surface area contributed by atoms with Crippen LogP contribution in [-0.4, -0.2) is 44.1 Å². The lowest BCUT2D eigenvalue weighted by atomic mass is 10.1. The number of hydrogen-bond acceptors (Lipinski definition) is 5. The number of rotatable bonds is 6. The summed E-state index contributed by atoms with van der Waals surface area (Å²) in [4.78, 5) is 12.5. The highest BCUT2D eigenvalue weighted by atomic mass is 32.2. The number of carbonyl (C=O) groups is 1. The standard InChI is InChI=1S/C18H22N2O5S/c1-26(22,23)20-9-6-15(7-10-20)25-17-5-3-2-4-16(17)18(21)19-12-14-8-11-24-13-14/h2-5,8,11,13,15H,6-7,9-10,12H2,1H3,(H,19,21). The molecule has 1 aliphatic heterocycles. The van der Waals surface area contributed by atoms with E-state index < -0.39 is 10.0 Å². The summed E-state index contributed by atoms with van der Waals surface area (Å²) in [6, 6.07) is 8.86. The van der Waals surface area contributed by atoms with Crippen LogP contribution in [0, 0.1) is 0 Å². The molecule has 26 heavy (non-hydrogen) atoms. The number of nitrogens with one attached hydrogen (secondary N) is 1. The van der Waals surface area contributed by atoms with Crippen LogP contribution < -0.4 is 10.1 Å². The Balaban J connectivity index is 1.61. The van der Waals surface area contributed by atoms with Crippen molar-refractivity contribution >= 4 is 15.9 Å². The molecule has 1 aromatic carbocycles. The molecule has 0 radical (unpaired) electrons. The predicted molar refractivity (Wildman–Crippen MR) is 96.4 cm³/mol. The van der Waals surface area contributed by atoms with E-state index in [0.717, 1.165) is 5.56 Å². The van der Waals surface area contributed by atoms with Crippen LogP contribution >= 0.6 is 0 Å². The Morgan fingerprint density at radius 1 is 1.27 bits per heavy atom. The first-order chi connectivity index (χ1) is 12.4. The number of sulfonamides is 1. The summed E-state index contributed by atoms with van der Waals surface area (Å²) in [5.74, 6) is 0.283. The van der Waals surface area contributed by atoms with Crippen molar-refractivity contribution in [1.82, 2.24) is 9.62 Å². The van der Waals surface area contributed by atoms with Crippen LogP contribution in [0.5, 0.6) is 5.75 Å². The van der Waals surface area contributed by atoms with Crippen molar-refractivity contribution in [3.05, 3.63) is 54.0 Å². The minimum atomic E-state index is -3.17. The maximum absolute atomic E-state index is 12.5. The Morgan fingerprint density at radius 2 is 2.00 bits per heavy atom. The molecule has 140 valence electrons. The average Bonchev–Trinajstić information content (AvgIpc) is 3.13. The Bertz CT molecular complexity index is 840. The Hall–Kier alpha value is -2.32. The van der Waals surface area contributed by atoms with Crippen molar-refractivity contribution in [2.45, 2.75) is 25.5 Å². The molecule has 0 atom stereocenters. The summed E-state index contributed by atoms with van der Waals surface area (Å²) in [5.41, 5.74) is 1.34. The van der Waals surface area contributed by atoms with E-state index in [0.29, 0.717) is 43.8 Å². The molecule has 1 fully saturated rings. The fraction of sp³-hybridized carbons (Fsp3) is 0.389. The van der Waals surface area contributed by atoms with Crippen LogP contribution in [0.1, 0.15) is 28.8 Å². The Morgan fingerprint density at radius 3 is 2.65 bits per heavy atom. The zero-order valence-corrected chi connectivity index (χ0v) is 15.4. The van der Waals surface area contributed by atoms with Crippen LogP contribution in [0.15, 0.2) is 47.3 Å². The fourth-order valence-electron chi connectivity index (χ4n) is 2.89. The average molecular weight is 378 g/mol. The molecule has 1 amide bonds. The first kappa shape index (κ1) is 18.5. The zero-order chi connectivity index (χ0) is 18.6. The van der Waals surface area contributed by atoms with E-state index in [4.69, 9.17) is 9.15 Å². The predicted octanol–water partition coefficient (Wildman–Crippen LogP) is 2.01. The summed E-state index contributed by atoms with van der Waals surface area (Å²) in [7, 11) is -3.17. The molecule has 2 aromatic rings. The molecular formula is C18H22N2O5S. The minimum absolute atomic E-state index is 0.115. The van der Waals surface area contributed by atoms with Gasteiger partial charge in [0.15, 0.2) is 0 Å². The number of hydrogen-bond donors (Lipinski definition) is 1. The molecule has 7 nitrogen and oxygen atoms in total. The number of nitrogens with zero attached hydrogens (tertiary/aromatic N) is 1. The summed E-state index contributed by atoms with van der Waals surface area (Å²) < 4.78 is 35.6. The van der Waals surface area contributed by atoms with Gasteiger partial charge in [0, 0.05) is 25.2 Å². The second-order valence-corrected chi connectivity index (χ2v) is 8.27. The lowest BCUT2D eigenvalue weighted by Crippen LogP contribution is -2.41. The van der Waals surface area contributed by atoms with Gasteiger partial charge >= 0.3 is 0 Å². The molecule has 1 N–H and O–H groups in total. The van der Waals surface area contributed by atoms with Gasteiger partial charge in [-0.15, -0.1) is 0 Å². The van der Waals surface area contributed by atoms with E-state index in [9.17, 15) is 13.2 Å². The summed E-state index contributed by atoms with van der Waals surface area (Å²) in [5, 5.41) is 2.84. The number of para-hydroxylation sites is 1. The van der Waals surface area contributed by atoms with Gasteiger partial charge in [-0.05, 0) is 31.0 Å². The van der Waals surface area contributed by atoms with Crippen molar-refractivity contribution in [3.63, 3.8) is 0 Å². The van der Waals surface area contributed by atoms with E-state index in [-0.39, 0.29) is 12.0 Å². The number of amides is 1. The van der Waals surface area contributed by atoms with Crippen LogP contribution in [0.4, 0.5) is 0 Å². The number of benzene rings is 1. The number of carbonyl (C=O) groups excluding carboxylic acids is 1. The highest BCUT2D eigenvalue weighted by Crippen LogP contribution is 2.24. The van der Waals surface area contributed by atoms with Gasteiger partial charge in [0.25, 0.3) is 5.91 Å². The Kier molecular flexibility index (Phi) is 5.63. The topological polar surface area (TPSA) is 88.8 Å². The van der Waals surface area contributed by atoms with Crippen LogP contribution in [0.3, 0.4) is 0 Å². The molecular weight excluding hydrogens is 356 g/mol. The molecule has 0 aliphatic carbocycles. The molecule has 3 rings (SSSR count). The van der Waals surface area contributed by atoms with Gasteiger partial charge in [0.2, 0.25) is 10.0 Å². The van der Waals surface area contributed by atoms with Gasteiger partial charge < -0.3 is 14.5 Å². The van der Waals surface area contributed by atoms with Crippen molar-refractivity contribution in [2.75, 3.05) is 19.3 Å². The summed E-state index contributed by atoms with van der Waals surface area (Å²) >= 11 is 0. The molecule has 1 saturated heterocycles. The third-order valence-electron chi connectivity index (χ3n) is 4.33. The second-order valence-electron chi connectivity index (χ2n) is 6.29. The monoisotopic (exact) mass is 378 g/mol. The minimum Gasteiger partial charge on any atom is -0.489 e. The maximum atomic E-state index is 12.5. The summed E-state index contributed by atoms with van der Waals surface area (Å²) in [6.45, 7) is 1.23. The van der Waals surface area contributed by atoms with Gasteiger partial charge in [-0.1, -0.05) is 12.1 Å². The third-order valence-corrected chi connectivity index (χ3v) is 5.63. The second kappa shape index (κ2) is 7.92. The fourth-order valence-corrected chi connectivity index (χ4v) is 3.76. The maximum Gasteiger partial charge on any atom is 0.255 e. The van der Waals surface area contributed by atoms with Crippen LogP contribution in [0.2, 0.25) is 0 Å². The molecule has 1 aliphatic rings. The van der Waals surface area contributed by atoms with Gasteiger partial charge in [0.1, 0.15) is 11.9 Å². The largest absolute Gasteiger partial charge is 0.489 e. The lowest BCUT2D eigenvalue weighted by molar-refractivity contribution is 0.0936. The van der Waals surface area contributed by atoms with Crippen LogP contribution in [0.25, 0.3) is 0 Å². The molecule has 8 heteroatoms. The van der Waals surface area contributed by atoms with Crippen molar-refractivity contribution in [1.29, 1.82) is 0 Å². The van der Waals surface area contributed by atoms with Crippen molar-refractivity contribution < 1.29 is 22.4 Å². The highest BCUT2D eigenvalue weighted by Gasteiger charge is 2.26. The van der Waals surface area contributed by atoms with Crippen molar-refractivity contribution in [3.8, 4) is 5.75 Å². The zero-order valence-electron chi connectivity index (χ0n) is 14.6. The first-order valence-electron chi connectivity index (χ1n) is 8.43. The summed E-state index contributed by atoms with van der Waals surface area (Å²) in [6.07, 6.45) is 5.43. The van der Waals surface area contributed by atoms with Gasteiger partial charge in [-0.2, -0.15) is 0 Å². The highest BCUT2D eigenvalue weighted by molar-refractivity contribution is 7.88. The SMILES string of the molecule is CS(=O)(=O)N1CCC(Oc2ccccc2C(=O)NCc2ccoc2)CC1. The molecule has 0 bridgehead atoms. The van der Waals surface area contributed by atoms with Crippen molar-refractivity contribution in [2.24, 2.45) is 0 Å². The van der Waals surface area contributed by atoms with Gasteiger partial charge in [-0.25, -0.2) is 12.7 Å². The van der Waals surface area contributed by atoms with E-state index in [1.54, 1.807) is 36.8 Å². The lowest BCUT2D eigenvalue weighted by Gasteiger charge is -2.30. The molecule has 0 spiro atoms. The quantitative estimate of drug-likeness (QED) is 0.831. The third kappa shape index (κ3) is 4.64. The molecule has 2 heterocycles.